The molecule has 4 nitrogen and oxygen atoms in total. The van der Waals surface area contributed by atoms with Crippen LogP contribution in [0.25, 0.3) is 0 Å². The molecule has 0 amide bonds. The molecule has 13 heavy (non-hydrogen) atoms. The summed E-state index contributed by atoms with van der Waals surface area (Å²) in [5, 5.41) is 3.85. The molecule has 1 atom stereocenters. The normalized spacial score (nSPS) is 13.2. The highest BCUT2D eigenvalue weighted by atomic mass is 16.5. The number of rotatable bonds is 5. The van der Waals surface area contributed by atoms with Crippen molar-refractivity contribution in [1.82, 2.24) is 10.1 Å². The molecule has 0 fully saturated rings. The van der Waals surface area contributed by atoms with Crippen molar-refractivity contribution in [2.45, 2.75) is 39.0 Å². The molecular weight excluding hydrogens is 166 g/mol. The Hall–Kier alpha value is -0.900. The van der Waals surface area contributed by atoms with Gasteiger partial charge in [0.25, 0.3) is 0 Å². The molecule has 4 heteroatoms. The van der Waals surface area contributed by atoms with Gasteiger partial charge in [-0.2, -0.15) is 4.98 Å². The molecule has 1 unspecified atom stereocenters. The molecule has 1 aromatic heterocycles. The molecule has 0 saturated heterocycles. The zero-order valence-corrected chi connectivity index (χ0v) is 8.29. The van der Waals surface area contributed by atoms with Gasteiger partial charge >= 0.3 is 0 Å². The second-order valence-corrected chi connectivity index (χ2v) is 3.23. The van der Waals surface area contributed by atoms with E-state index in [9.17, 15) is 0 Å². The highest BCUT2D eigenvalue weighted by molar-refractivity contribution is 4.91. The van der Waals surface area contributed by atoms with Gasteiger partial charge in [-0.05, 0) is 19.4 Å². The Bertz CT molecular complexity index is 247. The van der Waals surface area contributed by atoms with Gasteiger partial charge in [-0.3, -0.25) is 0 Å². The first-order chi connectivity index (χ1) is 6.27. The SMILES string of the molecule is CCc1noc(C(C)CCCN)n1. The first kappa shape index (κ1) is 10.2. The fourth-order valence-corrected chi connectivity index (χ4v) is 1.16. The van der Waals surface area contributed by atoms with Crippen molar-refractivity contribution in [2.75, 3.05) is 6.54 Å². The minimum Gasteiger partial charge on any atom is -0.339 e. The van der Waals surface area contributed by atoms with Crippen LogP contribution in [0.3, 0.4) is 0 Å². The zero-order valence-electron chi connectivity index (χ0n) is 8.29. The maximum atomic E-state index is 5.42. The maximum absolute atomic E-state index is 5.42. The molecule has 0 spiro atoms. The predicted molar refractivity (Wildman–Crippen MR) is 50.4 cm³/mol. The summed E-state index contributed by atoms with van der Waals surface area (Å²) in [5.41, 5.74) is 5.42. The lowest BCUT2D eigenvalue weighted by molar-refractivity contribution is 0.348. The Labute approximate surface area is 78.5 Å². The van der Waals surface area contributed by atoms with Crippen LogP contribution in [0, 0.1) is 0 Å². The Kier molecular flexibility index (Phi) is 3.89. The minimum absolute atomic E-state index is 0.330. The van der Waals surface area contributed by atoms with Gasteiger partial charge in [0, 0.05) is 12.3 Å². The fourth-order valence-electron chi connectivity index (χ4n) is 1.16. The third-order valence-corrected chi connectivity index (χ3v) is 2.06. The number of nitrogens with zero attached hydrogens (tertiary/aromatic N) is 2. The highest BCUT2D eigenvalue weighted by Crippen LogP contribution is 2.17. The van der Waals surface area contributed by atoms with Crippen LogP contribution < -0.4 is 5.73 Å². The van der Waals surface area contributed by atoms with Crippen LogP contribution in [-0.2, 0) is 6.42 Å². The third kappa shape index (κ3) is 2.81. The van der Waals surface area contributed by atoms with Crippen molar-refractivity contribution in [1.29, 1.82) is 0 Å². The molecule has 0 aliphatic rings. The lowest BCUT2D eigenvalue weighted by Crippen LogP contribution is -2.02. The Morgan fingerprint density at radius 2 is 2.31 bits per heavy atom. The van der Waals surface area contributed by atoms with Crippen molar-refractivity contribution in [3.05, 3.63) is 11.7 Å². The Morgan fingerprint density at radius 3 is 2.85 bits per heavy atom. The van der Waals surface area contributed by atoms with E-state index in [0.717, 1.165) is 37.5 Å². The maximum Gasteiger partial charge on any atom is 0.229 e. The molecule has 0 saturated carbocycles. The summed E-state index contributed by atoms with van der Waals surface area (Å²) >= 11 is 0. The average molecular weight is 183 g/mol. The summed E-state index contributed by atoms with van der Waals surface area (Å²) in [5.74, 6) is 1.86. The number of hydrogen-bond donors (Lipinski definition) is 1. The summed E-state index contributed by atoms with van der Waals surface area (Å²) < 4.78 is 5.11. The van der Waals surface area contributed by atoms with Crippen LogP contribution in [0.5, 0.6) is 0 Å². The summed E-state index contributed by atoms with van der Waals surface area (Å²) in [7, 11) is 0. The average Bonchev–Trinajstić information content (AvgIpc) is 2.62. The standard InChI is InChI=1S/C9H17N3O/c1-3-8-11-9(13-12-8)7(2)5-4-6-10/h7H,3-6,10H2,1-2H3. The van der Waals surface area contributed by atoms with Gasteiger partial charge in [-0.15, -0.1) is 0 Å². The van der Waals surface area contributed by atoms with Crippen LogP contribution in [-0.4, -0.2) is 16.7 Å². The molecule has 74 valence electrons. The molecule has 0 bridgehead atoms. The van der Waals surface area contributed by atoms with E-state index in [-0.39, 0.29) is 0 Å². The molecule has 0 radical (unpaired) electrons. The van der Waals surface area contributed by atoms with Crippen LogP contribution in [0.1, 0.15) is 44.3 Å². The van der Waals surface area contributed by atoms with Gasteiger partial charge in [0.2, 0.25) is 5.89 Å². The first-order valence-corrected chi connectivity index (χ1v) is 4.80. The largest absolute Gasteiger partial charge is 0.339 e. The van der Waals surface area contributed by atoms with Crippen molar-refractivity contribution >= 4 is 0 Å². The second-order valence-electron chi connectivity index (χ2n) is 3.23. The Morgan fingerprint density at radius 1 is 1.54 bits per heavy atom. The molecule has 1 aromatic rings. The predicted octanol–water partition coefficient (Wildman–Crippen LogP) is 1.47. The van der Waals surface area contributed by atoms with Crippen LogP contribution in [0.2, 0.25) is 0 Å². The quantitative estimate of drug-likeness (QED) is 0.750. The summed E-state index contributed by atoms with van der Waals surface area (Å²) in [6, 6.07) is 0. The number of aryl methyl sites for hydroxylation is 1. The van der Waals surface area contributed by atoms with E-state index >= 15 is 0 Å². The van der Waals surface area contributed by atoms with Gasteiger partial charge < -0.3 is 10.3 Å². The molecule has 0 aromatic carbocycles. The van der Waals surface area contributed by atoms with E-state index in [1.807, 2.05) is 6.92 Å². The van der Waals surface area contributed by atoms with Gasteiger partial charge in [-0.25, -0.2) is 0 Å². The van der Waals surface area contributed by atoms with E-state index < -0.39 is 0 Å². The molecule has 1 heterocycles. The summed E-state index contributed by atoms with van der Waals surface area (Å²) in [6.45, 7) is 4.82. The van der Waals surface area contributed by atoms with E-state index in [0.29, 0.717) is 5.92 Å². The number of aromatic nitrogens is 2. The molecule has 0 aliphatic carbocycles. The Balaban J connectivity index is 2.50. The van der Waals surface area contributed by atoms with E-state index in [4.69, 9.17) is 10.3 Å². The van der Waals surface area contributed by atoms with Gasteiger partial charge in [0.1, 0.15) is 0 Å². The minimum atomic E-state index is 0.330. The van der Waals surface area contributed by atoms with E-state index in [2.05, 4.69) is 17.1 Å². The molecule has 0 aliphatic heterocycles. The lowest BCUT2D eigenvalue weighted by Gasteiger charge is -2.03. The molecule has 2 N–H and O–H groups in total. The number of hydrogen-bond acceptors (Lipinski definition) is 4. The van der Waals surface area contributed by atoms with Crippen LogP contribution in [0.4, 0.5) is 0 Å². The first-order valence-electron chi connectivity index (χ1n) is 4.80. The van der Waals surface area contributed by atoms with Crippen molar-refractivity contribution in [2.24, 2.45) is 5.73 Å². The van der Waals surface area contributed by atoms with Crippen molar-refractivity contribution in [3.63, 3.8) is 0 Å². The van der Waals surface area contributed by atoms with Gasteiger partial charge in [0.05, 0.1) is 0 Å². The molecule has 1 rings (SSSR count). The third-order valence-electron chi connectivity index (χ3n) is 2.06. The van der Waals surface area contributed by atoms with Crippen LogP contribution in [0.15, 0.2) is 4.52 Å². The topological polar surface area (TPSA) is 64.9 Å². The van der Waals surface area contributed by atoms with Crippen molar-refractivity contribution < 1.29 is 4.52 Å². The second kappa shape index (κ2) is 4.97. The summed E-state index contributed by atoms with van der Waals surface area (Å²) in [6.07, 6.45) is 2.85. The molecular formula is C9H17N3O. The fraction of sp³-hybridized carbons (Fsp3) is 0.778. The van der Waals surface area contributed by atoms with Crippen LogP contribution >= 0.6 is 0 Å². The van der Waals surface area contributed by atoms with Gasteiger partial charge in [0.15, 0.2) is 5.82 Å². The van der Waals surface area contributed by atoms with E-state index in [1.54, 1.807) is 0 Å². The monoisotopic (exact) mass is 183 g/mol. The summed E-state index contributed by atoms with van der Waals surface area (Å²) in [4.78, 5) is 4.26. The van der Waals surface area contributed by atoms with Gasteiger partial charge in [-0.1, -0.05) is 19.0 Å². The smallest absolute Gasteiger partial charge is 0.229 e. The number of nitrogens with two attached hydrogens (primary N) is 1. The van der Waals surface area contributed by atoms with Crippen molar-refractivity contribution in [3.8, 4) is 0 Å². The zero-order chi connectivity index (χ0) is 9.68. The highest BCUT2D eigenvalue weighted by Gasteiger charge is 2.12. The lowest BCUT2D eigenvalue weighted by atomic mass is 10.1. The van der Waals surface area contributed by atoms with E-state index in [1.165, 1.54) is 0 Å².